The summed E-state index contributed by atoms with van der Waals surface area (Å²) in [5.74, 6) is 0. The van der Waals surface area contributed by atoms with Crippen LogP contribution in [0.15, 0.2) is 0 Å². The van der Waals surface area contributed by atoms with Gasteiger partial charge in [-0.15, -0.1) is 0 Å². The predicted molar refractivity (Wildman–Crippen MR) is 73.8 cm³/mol. The zero-order valence-electron chi connectivity index (χ0n) is 17.7. The van der Waals surface area contributed by atoms with Gasteiger partial charge < -0.3 is 0 Å². The molecule has 42 heavy (non-hydrogen) atoms. The normalized spacial score (nSPS) is 23.3. The van der Waals surface area contributed by atoms with E-state index in [0.717, 1.165) is 0 Å². The molecule has 0 atom stereocenters. The molecule has 0 unspecified atom stereocenters. The van der Waals surface area contributed by atoms with Crippen molar-refractivity contribution in [2.24, 2.45) is 0 Å². The molecule has 0 aliphatic carbocycles. The molecule has 1 fully saturated rings. The van der Waals surface area contributed by atoms with Crippen molar-refractivity contribution in [1.29, 1.82) is 0 Å². The van der Waals surface area contributed by atoms with Gasteiger partial charge in [0, 0.05) is 0 Å². The average Bonchev–Trinajstić information content (AvgIpc) is 2.91. The Labute approximate surface area is 209 Å². The van der Waals surface area contributed by atoms with E-state index >= 15 is 4.20 Å². The Kier molecular flexibility index (Phi) is 8.73. The fourth-order valence-corrected chi connectivity index (χ4v) is 5.93. The van der Waals surface area contributed by atoms with E-state index in [0.29, 0.717) is 0 Å². The number of hydrogen-bond acceptors (Lipinski definition) is 4. The van der Waals surface area contributed by atoms with Gasteiger partial charge in [0.25, 0.3) is 0 Å². The molecule has 0 aromatic heterocycles. The van der Waals surface area contributed by atoms with Crippen molar-refractivity contribution < 1.29 is 128 Å². The summed E-state index contributed by atoms with van der Waals surface area (Å²) < 4.78 is 339. The topological polar surface area (TPSA) is 36.9 Å². The van der Waals surface area contributed by atoms with Crippen LogP contribution in [0.4, 0.5) is 110 Å². The molecule has 0 N–H and O–H groups in total. The Hall–Kier alpha value is -1.48. The van der Waals surface area contributed by atoms with Gasteiger partial charge in [0.05, 0.1) is 0 Å². The predicted octanol–water partition coefficient (Wildman–Crippen LogP) is 8.88. The Balaban J connectivity index is 4.66. The summed E-state index contributed by atoms with van der Waals surface area (Å²) in [5.41, 5.74) is -17.8. The zero-order chi connectivity index (χ0) is 34.4. The molecule has 0 amide bonds. The third-order valence-electron chi connectivity index (χ3n) is 4.40. The van der Waals surface area contributed by atoms with Crippen LogP contribution >= 0.6 is 7.82 Å². The fourth-order valence-electron chi connectivity index (χ4n) is 2.97. The summed E-state index contributed by atoms with van der Waals surface area (Å²) in [6.07, 6.45) is -79.7. The summed E-state index contributed by atoms with van der Waals surface area (Å²) in [6.45, 7) is 0. The minimum absolute atomic E-state index is 1.67. The van der Waals surface area contributed by atoms with Gasteiger partial charge in [-0.2, -0.15) is 0 Å². The van der Waals surface area contributed by atoms with E-state index in [1.165, 1.54) is 0 Å². The van der Waals surface area contributed by atoms with Crippen LogP contribution < -0.4 is 0 Å². The molecule has 4 nitrogen and oxygen atoms in total. The van der Waals surface area contributed by atoms with Crippen LogP contribution in [0.25, 0.3) is 0 Å². The molecule has 1 heterocycles. The molecule has 0 spiro atoms. The van der Waals surface area contributed by atoms with Gasteiger partial charge in [-0.25, -0.2) is 0 Å². The molecule has 30 heteroatoms. The van der Waals surface area contributed by atoms with Crippen molar-refractivity contribution in [3.05, 3.63) is 0 Å². The first-order valence-electron chi connectivity index (χ1n) is 8.72. The first kappa shape index (κ1) is 38.5. The van der Waals surface area contributed by atoms with Gasteiger partial charge in [-0.3, -0.25) is 0 Å². The van der Waals surface area contributed by atoms with E-state index in [4.69, 9.17) is 0 Å². The van der Waals surface area contributed by atoms with Crippen LogP contribution in [0, 0.1) is 0 Å². The molecular weight excluding hydrogens is 714 g/mol. The van der Waals surface area contributed by atoms with E-state index in [2.05, 4.69) is 0 Å². The minimum atomic E-state index is -11.7. The first-order valence-corrected chi connectivity index (χ1v) is 10.5. The second kappa shape index (κ2) is 9.51. The van der Waals surface area contributed by atoms with Crippen molar-refractivity contribution in [2.75, 3.05) is 0 Å². The number of alkyl halides is 24. The Morgan fingerprint density at radius 1 is 0.381 bits per heavy atom. The summed E-state index contributed by atoms with van der Waals surface area (Å²) in [7, 11) is -11.7. The van der Waals surface area contributed by atoms with Gasteiger partial charge in [-0.05, 0) is 0 Å². The molecule has 0 aromatic rings. The van der Waals surface area contributed by atoms with Crippen LogP contribution in [0.3, 0.4) is 0 Å². The van der Waals surface area contributed by atoms with Crippen molar-refractivity contribution in [3.8, 4) is 0 Å². The molecule has 1 aliphatic heterocycles. The molecule has 0 aromatic carbocycles. The van der Waals surface area contributed by atoms with Gasteiger partial charge in [0.1, 0.15) is 0 Å². The second-order valence-corrected chi connectivity index (χ2v) is 9.63. The van der Waals surface area contributed by atoms with E-state index in [1.807, 2.05) is 0 Å². The third-order valence-corrected chi connectivity index (χ3v) is 6.63. The number of halogens is 25. The first-order chi connectivity index (χ1) is 17.6. The Morgan fingerprint density at radius 2 is 0.548 bits per heavy atom. The molecule has 254 valence electrons. The van der Waals surface area contributed by atoms with Crippen LogP contribution in [-0.2, 0) is 18.1 Å². The Morgan fingerprint density at radius 3 is 0.667 bits per heavy atom. The van der Waals surface area contributed by atoms with E-state index in [9.17, 15) is 105 Å². The standard InChI is InChI=1S/C12H2F25O4P/c13-3(14,15)1(4(16,17)18)38-42(37,39-2(5(19,20)21)6(22,23)24)40-7(9(25,26)27,10(28,29)30)8(41-42,11(31,32)33)12(34,35)36/h1-2H. The quantitative estimate of drug-likeness (QED) is 0.215. The second-order valence-electron chi connectivity index (χ2n) is 7.40. The molecule has 0 bridgehead atoms. The average molecular weight is 716 g/mol. The molecule has 0 radical (unpaired) electrons. The fraction of sp³-hybridized carbons (Fsp3) is 1.00. The number of hydrogen-bond donors (Lipinski definition) is 0. The van der Waals surface area contributed by atoms with Crippen LogP contribution in [0.1, 0.15) is 0 Å². The van der Waals surface area contributed by atoms with Crippen molar-refractivity contribution in [2.45, 2.75) is 72.8 Å². The van der Waals surface area contributed by atoms with Gasteiger partial charge in [0.15, 0.2) is 0 Å². The number of rotatable bonds is 4. The Bertz CT molecular complexity index is 853. The summed E-state index contributed by atoms with van der Waals surface area (Å²) in [5, 5.41) is 0. The molecule has 1 aliphatic rings. The van der Waals surface area contributed by atoms with Crippen LogP contribution in [-0.4, -0.2) is 72.8 Å². The zero-order valence-corrected chi connectivity index (χ0v) is 18.6. The van der Waals surface area contributed by atoms with Crippen molar-refractivity contribution >= 4 is 7.82 Å². The molecule has 1 rings (SSSR count). The molecular formula is C12H2F25O4P. The third kappa shape index (κ3) is 6.20. The maximum atomic E-state index is 15.7. The van der Waals surface area contributed by atoms with E-state index < -0.39 is 80.6 Å². The van der Waals surface area contributed by atoms with Gasteiger partial charge in [0.2, 0.25) is 0 Å². The molecule has 0 saturated carbocycles. The van der Waals surface area contributed by atoms with E-state index in [1.54, 1.807) is 18.1 Å². The summed E-state index contributed by atoms with van der Waals surface area (Å²) in [4.78, 5) is 0. The summed E-state index contributed by atoms with van der Waals surface area (Å²) in [6, 6.07) is 0. The van der Waals surface area contributed by atoms with E-state index in [-0.39, 0.29) is 0 Å². The van der Waals surface area contributed by atoms with Crippen molar-refractivity contribution in [3.63, 3.8) is 0 Å². The monoisotopic (exact) mass is 716 g/mol. The van der Waals surface area contributed by atoms with Gasteiger partial charge in [-0.1, -0.05) is 0 Å². The molecule has 1 saturated heterocycles. The maximum absolute atomic E-state index is 15.7. The van der Waals surface area contributed by atoms with Crippen LogP contribution in [0.2, 0.25) is 0 Å². The van der Waals surface area contributed by atoms with Crippen LogP contribution in [0.5, 0.6) is 0 Å². The summed E-state index contributed by atoms with van der Waals surface area (Å²) >= 11 is 0. The SMILES string of the molecule is FC(F)(F)C(OP1(F)(OC(C(F)(F)F)C(F)(F)F)OC(C(F)(F)F)(C(F)(F)F)C(C(F)(F)F)(C(F)(F)F)O1)C(F)(F)F. The van der Waals surface area contributed by atoms with Gasteiger partial charge >= 0.3 is 208 Å². The van der Waals surface area contributed by atoms with Crippen molar-refractivity contribution in [1.82, 2.24) is 0 Å².